The Hall–Kier alpha value is -2.61. The molecule has 2 rings (SSSR count). The van der Waals surface area contributed by atoms with Crippen molar-refractivity contribution in [3.8, 4) is 0 Å². The molecule has 1 aromatic carbocycles. The maximum absolute atomic E-state index is 12.5. The number of ether oxygens (including phenoxy) is 1. The van der Waals surface area contributed by atoms with Gasteiger partial charge >= 0.3 is 6.03 Å². The van der Waals surface area contributed by atoms with E-state index in [9.17, 15) is 14.4 Å². The van der Waals surface area contributed by atoms with Crippen molar-refractivity contribution in [2.45, 2.75) is 12.5 Å². The number of nitrogens with one attached hydrogen (secondary N) is 1. The summed E-state index contributed by atoms with van der Waals surface area (Å²) in [6.07, 6.45) is 0.277. The minimum atomic E-state index is -0.641. The summed E-state index contributed by atoms with van der Waals surface area (Å²) in [6, 6.07) is 7.00. The molecule has 1 unspecified atom stereocenters. The summed E-state index contributed by atoms with van der Waals surface area (Å²) in [5.41, 5.74) is 6.69. The van der Waals surface area contributed by atoms with Crippen LogP contribution in [-0.4, -0.2) is 56.5 Å². The molecule has 0 bridgehead atoms. The molecular weight excluding hydrogens is 312 g/mol. The Morgan fingerprint density at radius 3 is 2.75 bits per heavy atom. The number of benzene rings is 1. The van der Waals surface area contributed by atoms with Gasteiger partial charge in [0.1, 0.15) is 6.54 Å². The van der Waals surface area contributed by atoms with E-state index < -0.39 is 11.9 Å². The number of amides is 4. The zero-order valence-corrected chi connectivity index (χ0v) is 13.8. The Morgan fingerprint density at radius 1 is 1.38 bits per heavy atom. The lowest BCUT2D eigenvalue weighted by atomic mass is 10.0. The fraction of sp³-hybridized carbons (Fsp3) is 0.438. The number of hydrogen-bond donors (Lipinski definition) is 2. The minimum Gasteiger partial charge on any atom is -0.377 e. The molecule has 8 heteroatoms. The number of nitrogens with two attached hydrogens (primary N) is 1. The van der Waals surface area contributed by atoms with Crippen molar-refractivity contribution in [3.63, 3.8) is 0 Å². The van der Waals surface area contributed by atoms with Gasteiger partial charge < -0.3 is 25.6 Å². The van der Waals surface area contributed by atoms with Crippen LogP contribution in [0, 0.1) is 0 Å². The van der Waals surface area contributed by atoms with Crippen molar-refractivity contribution in [1.29, 1.82) is 0 Å². The number of para-hydroxylation sites is 1. The lowest BCUT2D eigenvalue weighted by molar-refractivity contribution is -0.119. The van der Waals surface area contributed by atoms with Crippen LogP contribution in [0.2, 0.25) is 0 Å². The van der Waals surface area contributed by atoms with Gasteiger partial charge in [0.05, 0.1) is 12.6 Å². The van der Waals surface area contributed by atoms with E-state index in [4.69, 9.17) is 10.5 Å². The highest BCUT2D eigenvalue weighted by molar-refractivity contribution is 5.97. The van der Waals surface area contributed by atoms with Crippen molar-refractivity contribution in [3.05, 3.63) is 29.8 Å². The first-order valence-corrected chi connectivity index (χ1v) is 7.63. The van der Waals surface area contributed by atoms with E-state index in [1.807, 2.05) is 24.3 Å². The van der Waals surface area contributed by atoms with Gasteiger partial charge in [-0.3, -0.25) is 9.59 Å². The highest BCUT2D eigenvalue weighted by atomic mass is 16.5. The molecular formula is C16H22N4O4. The van der Waals surface area contributed by atoms with Gasteiger partial charge in [-0.1, -0.05) is 18.2 Å². The number of carbonyl (C=O) groups excluding carboxylic acids is 3. The second kappa shape index (κ2) is 7.78. The van der Waals surface area contributed by atoms with Gasteiger partial charge in [-0.05, 0) is 12.5 Å². The van der Waals surface area contributed by atoms with Crippen LogP contribution in [0.3, 0.4) is 0 Å². The molecule has 8 nitrogen and oxygen atoms in total. The fourth-order valence-electron chi connectivity index (χ4n) is 2.67. The molecule has 1 atom stereocenters. The van der Waals surface area contributed by atoms with Crippen LogP contribution in [0.25, 0.3) is 0 Å². The van der Waals surface area contributed by atoms with Crippen LogP contribution in [0.1, 0.15) is 18.1 Å². The Kier molecular flexibility index (Phi) is 5.75. The van der Waals surface area contributed by atoms with Crippen LogP contribution in [0.15, 0.2) is 24.3 Å². The molecule has 24 heavy (non-hydrogen) atoms. The zero-order valence-electron chi connectivity index (χ0n) is 13.8. The zero-order chi connectivity index (χ0) is 17.7. The minimum absolute atomic E-state index is 0.0914. The quantitative estimate of drug-likeness (QED) is 0.826. The molecule has 1 heterocycles. The van der Waals surface area contributed by atoms with Crippen molar-refractivity contribution >= 4 is 23.5 Å². The van der Waals surface area contributed by atoms with E-state index in [1.54, 1.807) is 14.2 Å². The smallest absolute Gasteiger partial charge is 0.318 e. The number of nitrogens with zero attached hydrogens (tertiary/aromatic N) is 2. The largest absolute Gasteiger partial charge is 0.377 e. The van der Waals surface area contributed by atoms with Crippen LogP contribution in [-0.2, 0) is 14.3 Å². The van der Waals surface area contributed by atoms with Crippen molar-refractivity contribution in [2.75, 3.05) is 38.7 Å². The molecule has 1 aromatic rings. The van der Waals surface area contributed by atoms with E-state index in [0.717, 1.165) is 11.3 Å². The monoisotopic (exact) mass is 334 g/mol. The Labute approximate surface area is 140 Å². The average Bonchev–Trinajstić information content (AvgIpc) is 2.62. The lowest BCUT2D eigenvalue weighted by Gasteiger charge is -2.24. The summed E-state index contributed by atoms with van der Waals surface area (Å²) in [5, 5.41) is 2.41. The third-order valence-electron chi connectivity index (χ3n) is 3.99. The second-order valence-electron chi connectivity index (χ2n) is 5.57. The molecule has 0 aromatic heterocycles. The molecule has 0 aliphatic carbocycles. The lowest BCUT2D eigenvalue weighted by Crippen LogP contribution is -2.47. The Bertz CT molecular complexity index is 634. The number of hydrogen-bond acceptors (Lipinski definition) is 4. The van der Waals surface area contributed by atoms with Crippen LogP contribution in [0.4, 0.5) is 10.5 Å². The summed E-state index contributed by atoms with van der Waals surface area (Å²) >= 11 is 0. The summed E-state index contributed by atoms with van der Waals surface area (Å²) in [7, 11) is 3.26. The number of likely N-dealkylation sites (N-methyl/N-ethyl adjacent to an activating group) is 1. The summed E-state index contributed by atoms with van der Waals surface area (Å²) < 4.78 is 5.55. The first kappa shape index (κ1) is 17.7. The van der Waals surface area contributed by atoms with Gasteiger partial charge in [0.2, 0.25) is 11.8 Å². The molecule has 0 radical (unpaired) electrons. The van der Waals surface area contributed by atoms with E-state index in [2.05, 4.69) is 5.32 Å². The van der Waals surface area contributed by atoms with E-state index in [-0.39, 0.29) is 25.1 Å². The summed E-state index contributed by atoms with van der Waals surface area (Å²) in [5.74, 6) is -0.869. The van der Waals surface area contributed by atoms with E-state index in [1.165, 1.54) is 9.80 Å². The second-order valence-corrected chi connectivity index (χ2v) is 5.57. The molecule has 0 spiro atoms. The molecule has 4 amide bonds. The number of carbonyl (C=O) groups is 3. The van der Waals surface area contributed by atoms with Crippen LogP contribution in [0.5, 0.6) is 0 Å². The topological polar surface area (TPSA) is 105 Å². The summed E-state index contributed by atoms with van der Waals surface area (Å²) in [6.45, 7) is -0.0455. The van der Waals surface area contributed by atoms with Gasteiger partial charge in [0, 0.05) is 32.0 Å². The maximum Gasteiger partial charge on any atom is 0.318 e. The number of methoxy groups -OCH3 is 1. The van der Waals surface area contributed by atoms with Crippen LogP contribution >= 0.6 is 0 Å². The molecule has 0 saturated heterocycles. The number of rotatable bonds is 3. The highest BCUT2D eigenvalue weighted by Gasteiger charge is 2.27. The van der Waals surface area contributed by atoms with Gasteiger partial charge in [-0.2, -0.15) is 0 Å². The van der Waals surface area contributed by atoms with Gasteiger partial charge in [-0.25, -0.2) is 4.79 Å². The normalized spacial score (nSPS) is 18.2. The third kappa shape index (κ3) is 4.02. The molecule has 0 saturated carbocycles. The van der Waals surface area contributed by atoms with Gasteiger partial charge in [-0.15, -0.1) is 0 Å². The third-order valence-corrected chi connectivity index (χ3v) is 3.99. The van der Waals surface area contributed by atoms with Crippen LogP contribution < -0.4 is 16.0 Å². The predicted molar refractivity (Wildman–Crippen MR) is 88.4 cm³/mol. The van der Waals surface area contributed by atoms with Crippen molar-refractivity contribution < 1.29 is 19.1 Å². The molecule has 130 valence electrons. The predicted octanol–water partition coefficient (Wildman–Crippen LogP) is 0.238. The summed E-state index contributed by atoms with van der Waals surface area (Å²) in [4.78, 5) is 38.4. The number of urea groups is 1. The molecule has 1 aliphatic rings. The van der Waals surface area contributed by atoms with Gasteiger partial charge in [0.25, 0.3) is 0 Å². The highest BCUT2D eigenvalue weighted by Crippen LogP contribution is 2.31. The number of primary amides is 1. The fourth-order valence-corrected chi connectivity index (χ4v) is 2.67. The first-order chi connectivity index (χ1) is 11.4. The molecule has 0 fully saturated rings. The van der Waals surface area contributed by atoms with Gasteiger partial charge in [0.15, 0.2) is 0 Å². The van der Waals surface area contributed by atoms with Crippen molar-refractivity contribution in [2.24, 2.45) is 5.73 Å². The Morgan fingerprint density at radius 2 is 2.08 bits per heavy atom. The Balaban J connectivity index is 2.25. The number of fused-ring (bicyclic) bond motifs is 1. The molecule has 1 aliphatic heterocycles. The number of anilines is 1. The maximum atomic E-state index is 12.5. The molecule has 3 N–H and O–H groups in total. The van der Waals surface area contributed by atoms with Crippen molar-refractivity contribution in [1.82, 2.24) is 10.2 Å². The van der Waals surface area contributed by atoms with E-state index >= 15 is 0 Å². The van der Waals surface area contributed by atoms with E-state index in [0.29, 0.717) is 13.0 Å². The SMILES string of the molecule is COC1CCN(C(=O)NCC(N)=O)CC(=O)N(C)c2ccccc21. The standard InChI is InChI=1S/C16H22N4O4/c1-19-12-6-4-3-5-11(12)13(24-2)7-8-20(10-15(19)22)16(23)18-9-14(17)21/h3-6,13H,7-10H2,1-2H3,(H2,17,21)(H,18,23). The first-order valence-electron chi connectivity index (χ1n) is 7.63. The average molecular weight is 334 g/mol.